The lowest BCUT2D eigenvalue weighted by atomic mass is 10.1. The summed E-state index contributed by atoms with van der Waals surface area (Å²) in [5.41, 5.74) is 1.36. The number of carbonyl (C=O) groups excluding carboxylic acids is 2. The van der Waals surface area contributed by atoms with Crippen LogP contribution >= 0.6 is 0 Å². The molecule has 1 aliphatic rings. The Morgan fingerprint density at radius 2 is 1.58 bits per heavy atom. The monoisotopic (exact) mass is 454 g/mol. The maximum Gasteiger partial charge on any atom is 0.345 e. The largest absolute Gasteiger partial charge is 0.421 e. The van der Waals surface area contributed by atoms with E-state index in [-0.39, 0.29) is 33.8 Å². The Kier molecular flexibility index (Phi) is 6.46. The summed E-state index contributed by atoms with van der Waals surface area (Å²) in [6.45, 7) is 0. The van der Waals surface area contributed by atoms with Crippen molar-refractivity contribution >= 4 is 22.8 Å². The Bertz CT molecular complexity index is 1310. The van der Waals surface area contributed by atoms with Crippen LogP contribution in [0.15, 0.2) is 61.2 Å². The molecule has 0 saturated heterocycles. The number of hydrogen-bond donors (Lipinski definition) is 2. The maximum absolute atomic E-state index is 12.4. The van der Waals surface area contributed by atoms with E-state index in [4.69, 9.17) is 9.47 Å². The number of ether oxygens (including phenoxy) is 2. The number of esters is 2. The van der Waals surface area contributed by atoms with E-state index in [1.807, 2.05) is 6.07 Å². The molecule has 33 heavy (non-hydrogen) atoms. The lowest BCUT2D eigenvalue weighted by molar-refractivity contribution is -0.162. The highest BCUT2D eigenvalue weighted by atomic mass is 16.6. The number of nitrogens with zero attached hydrogens (tertiary/aromatic N) is 4. The molecule has 0 bridgehead atoms. The standard InChI is InChI=1S/C21H14N4O6.2H2O/c26-15-16(27)21(29)31-19-14-12(23-18(24-19)11-4-2-1-3-5-11)6-7-13(17(14)30-20(15)28)25-9-8-22-10-25;;/h1-10,15-16,26-27H;2*1H2. The Morgan fingerprint density at radius 1 is 0.879 bits per heavy atom. The van der Waals surface area contributed by atoms with Gasteiger partial charge < -0.3 is 35.2 Å². The van der Waals surface area contributed by atoms with Gasteiger partial charge in [0.05, 0.1) is 17.5 Å². The summed E-state index contributed by atoms with van der Waals surface area (Å²) in [5, 5.41) is 20.2. The summed E-state index contributed by atoms with van der Waals surface area (Å²) < 4.78 is 12.3. The molecule has 2 atom stereocenters. The third-order valence-corrected chi connectivity index (χ3v) is 4.76. The smallest absolute Gasteiger partial charge is 0.345 e. The van der Waals surface area contributed by atoms with E-state index in [1.165, 1.54) is 12.5 Å². The van der Waals surface area contributed by atoms with Crippen LogP contribution in [0.2, 0.25) is 0 Å². The maximum atomic E-state index is 12.4. The normalized spacial score (nSPS) is 17.5. The van der Waals surface area contributed by atoms with Crippen molar-refractivity contribution in [2.24, 2.45) is 0 Å². The molecule has 2 unspecified atom stereocenters. The van der Waals surface area contributed by atoms with E-state index < -0.39 is 24.1 Å². The highest BCUT2D eigenvalue weighted by molar-refractivity contribution is 5.99. The highest BCUT2D eigenvalue weighted by Crippen LogP contribution is 2.39. The lowest BCUT2D eigenvalue weighted by Crippen LogP contribution is -2.43. The highest BCUT2D eigenvalue weighted by Gasteiger charge is 2.37. The number of aliphatic hydroxyl groups excluding tert-OH is 2. The molecule has 4 aromatic rings. The van der Waals surface area contributed by atoms with E-state index in [2.05, 4.69) is 15.0 Å². The number of carbonyl (C=O) groups is 2. The molecule has 0 spiro atoms. The fraction of sp³-hybridized carbons (Fsp3) is 0.0952. The number of aliphatic hydroxyl groups is 2. The van der Waals surface area contributed by atoms with Crippen LogP contribution < -0.4 is 9.47 Å². The van der Waals surface area contributed by atoms with Crippen molar-refractivity contribution in [3.05, 3.63) is 61.2 Å². The second-order valence-electron chi connectivity index (χ2n) is 6.73. The number of rotatable bonds is 2. The molecule has 2 aromatic heterocycles. The molecule has 2 aromatic carbocycles. The summed E-state index contributed by atoms with van der Waals surface area (Å²) in [6.07, 6.45) is 0.336. The van der Waals surface area contributed by atoms with Gasteiger partial charge in [-0.1, -0.05) is 30.3 Å². The summed E-state index contributed by atoms with van der Waals surface area (Å²) in [4.78, 5) is 37.6. The lowest BCUT2D eigenvalue weighted by Gasteiger charge is -2.15. The number of aromatic nitrogens is 4. The molecular weight excluding hydrogens is 436 g/mol. The zero-order valence-corrected chi connectivity index (χ0v) is 16.7. The van der Waals surface area contributed by atoms with Gasteiger partial charge in [0.1, 0.15) is 5.39 Å². The molecular formula is C21H18N4O8. The molecule has 3 heterocycles. The van der Waals surface area contributed by atoms with Crippen LogP contribution in [0.1, 0.15) is 0 Å². The summed E-state index contributed by atoms with van der Waals surface area (Å²) >= 11 is 0. The van der Waals surface area contributed by atoms with Gasteiger partial charge in [-0.25, -0.2) is 19.6 Å². The van der Waals surface area contributed by atoms with E-state index in [0.717, 1.165) is 0 Å². The predicted octanol–water partition coefficient (Wildman–Crippen LogP) is -0.621. The molecule has 0 amide bonds. The summed E-state index contributed by atoms with van der Waals surface area (Å²) in [7, 11) is 0. The van der Waals surface area contributed by atoms with Gasteiger partial charge in [0.2, 0.25) is 5.88 Å². The molecule has 5 rings (SSSR count). The molecule has 12 heteroatoms. The minimum Gasteiger partial charge on any atom is -0.421 e. The van der Waals surface area contributed by atoms with Crippen molar-refractivity contribution in [1.29, 1.82) is 0 Å². The van der Waals surface area contributed by atoms with E-state index in [9.17, 15) is 19.8 Å². The zero-order valence-electron chi connectivity index (χ0n) is 16.7. The average molecular weight is 454 g/mol. The summed E-state index contributed by atoms with van der Waals surface area (Å²) in [6, 6.07) is 12.3. The van der Waals surface area contributed by atoms with Crippen LogP contribution in [0.4, 0.5) is 0 Å². The minimum atomic E-state index is -2.15. The Hall–Kier alpha value is -4.23. The van der Waals surface area contributed by atoms with E-state index >= 15 is 0 Å². The first-order chi connectivity index (χ1) is 15.0. The van der Waals surface area contributed by atoms with Crippen LogP contribution in [0.5, 0.6) is 11.6 Å². The SMILES string of the molecule is O.O.O=C1Oc2nc(-c3ccccc3)nc3ccc(-n4ccnc4)c(c23)OC(=O)C(O)C1O. The quantitative estimate of drug-likeness (QED) is 0.292. The van der Waals surface area contributed by atoms with Gasteiger partial charge in [-0.15, -0.1) is 0 Å². The first-order valence-electron chi connectivity index (χ1n) is 9.21. The predicted molar refractivity (Wildman–Crippen MR) is 113 cm³/mol. The fourth-order valence-electron chi connectivity index (χ4n) is 3.23. The van der Waals surface area contributed by atoms with Crippen LogP contribution in [-0.4, -0.2) is 64.8 Å². The van der Waals surface area contributed by atoms with Gasteiger partial charge in [-0.2, -0.15) is 4.98 Å². The zero-order chi connectivity index (χ0) is 21.5. The van der Waals surface area contributed by atoms with Gasteiger partial charge in [0.15, 0.2) is 23.8 Å². The Morgan fingerprint density at radius 3 is 2.24 bits per heavy atom. The number of benzene rings is 2. The molecule has 1 aliphatic heterocycles. The van der Waals surface area contributed by atoms with Crippen molar-refractivity contribution in [2.45, 2.75) is 12.2 Å². The molecule has 0 saturated carbocycles. The van der Waals surface area contributed by atoms with Crippen molar-refractivity contribution in [2.75, 3.05) is 0 Å². The third-order valence-electron chi connectivity index (χ3n) is 4.76. The molecule has 0 radical (unpaired) electrons. The average Bonchev–Trinajstić information content (AvgIpc) is 3.33. The van der Waals surface area contributed by atoms with Gasteiger partial charge in [0.25, 0.3) is 0 Å². The second-order valence-corrected chi connectivity index (χ2v) is 6.73. The van der Waals surface area contributed by atoms with E-state index in [1.54, 1.807) is 47.2 Å². The van der Waals surface area contributed by atoms with Crippen LogP contribution in [0, 0.1) is 0 Å². The Balaban J connectivity index is 0.00000153. The molecule has 6 N–H and O–H groups in total. The molecule has 0 fully saturated rings. The van der Waals surface area contributed by atoms with Crippen LogP contribution in [0.25, 0.3) is 28.0 Å². The van der Waals surface area contributed by atoms with Gasteiger partial charge in [0, 0.05) is 18.0 Å². The van der Waals surface area contributed by atoms with Crippen molar-refractivity contribution in [3.63, 3.8) is 0 Å². The Labute approximate surface area is 185 Å². The number of imidazole rings is 1. The summed E-state index contributed by atoms with van der Waals surface area (Å²) in [5.74, 6) is -2.47. The topological polar surface area (TPSA) is 200 Å². The molecule has 0 aliphatic carbocycles. The minimum absolute atomic E-state index is 0. The fourth-order valence-corrected chi connectivity index (χ4v) is 3.23. The van der Waals surface area contributed by atoms with Crippen molar-refractivity contribution in [1.82, 2.24) is 19.5 Å². The van der Waals surface area contributed by atoms with Gasteiger partial charge in [-0.05, 0) is 12.1 Å². The van der Waals surface area contributed by atoms with Gasteiger partial charge in [-0.3, -0.25) is 0 Å². The van der Waals surface area contributed by atoms with E-state index in [0.29, 0.717) is 16.8 Å². The molecule has 170 valence electrons. The third kappa shape index (κ3) is 4.02. The van der Waals surface area contributed by atoms with Crippen molar-refractivity contribution < 1.29 is 40.2 Å². The second kappa shape index (κ2) is 9.10. The first-order valence-corrected chi connectivity index (χ1v) is 9.21. The van der Waals surface area contributed by atoms with Crippen LogP contribution in [-0.2, 0) is 9.59 Å². The van der Waals surface area contributed by atoms with Crippen LogP contribution in [0.3, 0.4) is 0 Å². The first kappa shape index (κ1) is 23.4. The number of hydrogen-bond acceptors (Lipinski definition) is 9. The molecule has 12 nitrogen and oxygen atoms in total. The van der Waals surface area contributed by atoms with Gasteiger partial charge >= 0.3 is 11.9 Å². The van der Waals surface area contributed by atoms with Crippen molar-refractivity contribution in [3.8, 4) is 28.7 Å².